The van der Waals surface area contributed by atoms with E-state index < -0.39 is 69.0 Å². The number of carbonyl (C=O) groups is 2. The Morgan fingerprint density at radius 1 is 0.692 bits per heavy atom. The number of esters is 1. The molecular formula is C37H25ClF5N3O5S. The topological polar surface area (TPSA) is 108 Å². The first-order chi connectivity index (χ1) is 24.8. The van der Waals surface area contributed by atoms with Crippen LogP contribution in [0.5, 0.6) is 0 Å². The van der Waals surface area contributed by atoms with Crippen LogP contribution in [0.3, 0.4) is 0 Å². The number of sulfonamides is 1. The summed E-state index contributed by atoms with van der Waals surface area (Å²) in [4.78, 5) is 25.8. The van der Waals surface area contributed by atoms with Crippen LogP contribution in [0, 0.1) is 40.4 Å². The van der Waals surface area contributed by atoms with Crippen LogP contribution in [-0.2, 0) is 39.3 Å². The van der Waals surface area contributed by atoms with Crippen molar-refractivity contribution in [2.45, 2.75) is 24.6 Å². The van der Waals surface area contributed by atoms with Gasteiger partial charge in [-0.25, -0.2) is 35.2 Å². The molecule has 8 nitrogen and oxygen atoms in total. The summed E-state index contributed by atoms with van der Waals surface area (Å²) in [5, 5.41) is 9.45. The number of ether oxygens (including phenoxy) is 1. The van der Waals surface area contributed by atoms with Gasteiger partial charge in [0.05, 0.1) is 30.3 Å². The van der Waals surface area contributed by atoms with Crippen molar-refractivity contribution in [1.82, 2.24) is 4.31 Å². The lowest BCUT2D eigenvalue weighted by Crippen LogP contribution is -2.43. The highest BCUT2D eigenvalue weighted by atomic mass is 35.5. The summed E-state index contributed by atoms with van der Waals surface area (Å²) in [6.07, 6.45) is 0. The molecule has 0 aromatic heterocycles. The Balaban J connectivity index is 1.51. The van der Waals surface area contributed by atoms with E-state index in [2.05, 4.69) is 0 Å². The third kappa shape index (κ3) is 8.46. The maximum atomic E-state index is 14.9. The van der Waals surface area contributed by atoms with E-state index in [1.54, 1.807) is 30.3 Å². The second-order valence-electron chi connectivity index (χ2n) is 11.2. The van der Waals surface area contributed by atoms with E-state index >= 15 is 0 Å². The van der Waals surface area contributed by atoms with E-state index in [1.165, 1.54) is 72.8 Å². The number of amides is 1. The van der Waals surface area contributed by atoms with Gasteiger partial charge in [-0.2, -0.15) is 9.57 Å². The summed E-state index contributed by atoms with van der Waals surface area (Å²) in [5.74, 6) is -14.4. The highest BCUT2D eigenvalue weighted by Gasteiger charge is 2.38. The van der Waals surface area contributed by atoms with Crippen LogP contribution >= 0.6 is 11.6 Å². The molecule has 0 N–H and O–H groups in total. The van der Waals surface area contributed by atoms with E-state index in [4.69, 9.17) is 16.3 Å². The van der Waals surface area contributed by atoms with E-state index in [0.29, 0.717) is 11.1 Å². The second kappa shape index (κ2) is 16.2. The Morgan fingerprint density at radius 3 is 1.81 bits per heavy atom. The minimum Gasteiger partial charge on any atom is -0.457 e. The largest absolute Gasteiger partial charge is 0.457 e. The molecule has 0 atom stereocenters. The molecule has 5 rings (SSSR count). The summed E-state index contributed by atoms with van der Waals surface area (Å²) < 4.78 is 105. The lowest BCUT2D eigenvalue weighted by Gasteiger charge is -2.28. The van der Waals surface area contributed by atoms with Crippen LogP contribution < -0.4 is 4.90 Å². The zero-order valence-corrected chi connectivity index (χ0v) is 28.3. The molecular weight excluding hydrogens is 729 g/mol. The number of nitrogens with zero attached hydrogens (tertiary/aromatic N) is 3. The molecule has 266 valence electrons. The van der Waals surface area contributed by atoms with Crippen molar-refractivity contribution in [3.63, 3.8) is 0 Å². The summed E-state index contributed by atoms with van der Waals surface area (Å²) in [7, 11) is -5.61. The smallest absolute Gasteiger partial charge is 0.338 e. The fourth-order valence-corrected chi connectivity index (χ4v) is 6.59. The number of carbonyl (C=O) groups excluding carboxylic acids is 2. The first-order valence-electron chi connectivity index (χ1n) is 15.2. The van der Waals surface area contributed by atoms with Crippen molar-refractivity contribution in [2.24, 2.45) is 0 Å². The maximum absolute atomic E-state index is 14.9. The van der Waals surface area contributed by atoms with Gasteiger partial charge in [0.15, 0.2) is 28.2 Å². The van der Waals surface area contributed by atoms with Crippen molar-refractivity contribution in [3.05, 3.63) is 165 Å². The third-order valence-electron chi connectivity index (χ3n) is 7.70. The molecule has 0 bridgehead atoms. The van der Waals surface area contributed by atoms with Gasteiger partial charge in [0, 0.05) is 17.3 Å². The van der Waals surface area contributed by atoms with Gasteiger partial charge in [-0.3, -0.25) is 4.79 Å². The first kappa shape index (κ1) is 37.6. The lowest BCUT2D eigenvalue weighted by molar-refractivity contribution is -0.119. The standard InChI is InChI=1S/C37H25ClF5N3O5S/c38-28-14-10-24(11-15-28)19-45(52(49,50)36-34(42)32(40)31(39)33(41)35(36)43)21-30(47)46(20-25-8-6-23(18-44)7-9-25)29-16-12-27(13-17-29)37(48)51-22-26-4-2-1-3-5-26/h1-17H,19-22H2. The Kier molecular flexibility index (Phi) is 11.7. The molecule has 0 aliphatic rings. The van der Waals surface area contributed by atoms with Gasteiger partial charge in [-0.1, -0.05) is 66.2 Å². The Hall–Kier alpha value is -5.62. The molecule has 52 heavy (non-hydrogen) atoms. The molecule has 0 radical (unpaired) electrons. The van der Waals surface area contributed by atoms with Crippen LogP contribution in [0.1, 0.15) is 32.6 Å². The minimum absolute atomic E-state index is 0.00823. The highest BCUT2D eigenvalue weighted by molar-refractivity contribution is 7.89. The molecule has 0 spiro atoms. The molecule has 0 aliphatic carbocycles. The summed E-state index contributed by atoms with van der Waals surface area (Å²) in [6.45, 7) is -2.14. The number of nitriles is 1. The molecule has 15 heteroatoms. The molecule has 5 aromatic carbocycles. The van der Waals surface area contributed by atoms with Gasteiger partial charge in [0.2, 0.25) is 21.7 Å². The number of benzene rings is 5. The van der Waals surface area contributed by atoms with Crippen molar-refractivity contribution >= 4 is 39.2 Å². The number of rotatable bonds is 12. The van der Waals surface area contributed by atoms with Crippen LogP contribution in [0.25, 0.3) is 0 Å². The number of hydrogen-bond acceptors (Lipinski definition) is 6. The zero-order valence-electron chi connectivity index (χ0n) is 26.7. The van der Waals surface area contributed by atoms with Crippen LogP contribution in [0.2, 0.25) is 5.02 Å². The fourth-order valence-electron chi connectivity index (χ4n) is 4.97. The Bertz CT molecular complexity index is 2220. The summed E-state index contributed by atoms with van der Waals surface area (Å²) in [6, 6.07) is 27.8. The van der Waals surface area contributed by atoms with Gasteiger partial charge < -0.3 is 9.64 Å². The average molecular weight is 754 g/mol. The Morgan fingerprint density at radius 2 is 1.23 bits per heavy atom. The molecule has 5 aromatic rings. The fraction of sp³-hybridized carbons (Fsp3) is 0.108. The molecule has 0 fully saturated rings. The van der Waals surface area contributed by atoms with Crippen LogP contribution in [0.4, 0.5) is 27.6 Å². The molecule has 0 unspecified atom stereocenters. The van der Waals surface area contributed by atoms with Crippen LogP contribution in [0.15, 0.2) is 108 Å². The molecule has 0 heterocycles. The van der Waals surface area contributed by atoms with Gasteiger partial charge >= 0.3 is 5.97 Å². The second-order valence-corrected chi connectivity index (χ2v) is 13.5. The van der Waals surface area contributed by atoms with Gasteiger partial charge in [-0.15, -0.1) is 0 Å². The van der Waals surface area contributed by atoms with E-state index in [9.17, 15) is 45.2 Å². The average Bonchev–Trinajstić information content (AvgIpc) is 3.15. The maximum Gasteiger partial charge on any atom is 0.338 e. The van der Waals surface area contributed by atoms with Crippen molar-refractivity contribution in [3.8, 4) is 6.07 Å². The quantitative estimate of drug-likeness (QED) is 0.0560. The molecule has 0 aliphatic heterocycles. The van der Waals surface area contributed by atoms with Crippen LogP contribution in [-0.4, -0.2) is 31.1 Å². The molecule has 0 saturated carbocycles. The molecule has 0 saturated heterocycles. The first-order valence-corrected chi connectivity index (χ1v) is 17.0. The van der Waals surface area contributed by atoms with Gasteiger partial charge in [0.25, 0.3) is 0 Å². The predicted molar refractivity (Wildman–Crippen MR) is 180 cm³/mol. The normalized spacial score (nSPS) is 11.3. The summed E-state index contributed by atoms with van der Waals surface area (Å²) >= 11 is 5.93. The zero-order chi connectivity index (χ0) is 37.6. The van der Waals surface area contributed by atoms with E-state index in [1.807, 2.05) is 6.07 Å². The van der Waals surface area contributed by atoms with Gasteiger partial charge in [0.1, 0.15) is 6.61 Å². The van der Waals surface area contributed by atoms with E-state index in [0.717, 1.165) is 10.5 Å². The monoisotopic (exact) mass is 753 g/mol. The minimum atomic E-state index is -5.61. The van der Waals surface area contributed by atoms with Crippen molar-refractivity contribution < 1.29 is 44.7 Å². The lowest BCUT2D eigenvalue weighted by atomic mass is 10.1. The summed E-state index contributed by atoms with van der Waals surface area (Å²) in [5.41, 5.74) is 1.92. The number of anilines is 1. The van der Waals surface area contributed by atoms with Crippen molar-refractivity contribution in [2.75, 3.05) is 11.4 Å². The predicted octanol–water partition coefficient (Wildman–Crippen LogP) is 7.69. The third-order valence-corrected chi connectivity index (χ3v) is 9.77. The molecule has 1 amide bonds. The van der Waals surface area contributed by atoms with Gasteiger partial charge in [-0.05, 0) is 65.2 Å². The van der Waals surface area contributed by atoms with E-state index in [-0.39, 0.29) is 39.3 Å². The SMILES string of the molecule is N#Cc1ccc(CN(C(=O)CN(Cc2ccc(Cl)cc2)S(=O)(=O)c2c(F)c(F)c(F)c(F)c2F)c2ccc(C(=O)OCc3ccccc3)cc2)cc1. The Labute approximate surface area is 299 Å². The number of halogens is 6. The highest BCUT2D eigenvalue weighted by Crippen LogP contribution is 2.31. The van der Waals surface area contributed by atoms with Crippen molar-refractivity contribution in [1.29, 1.82) is 5.26 Å². The number of hydrogen-bond donors (Lipinski definition) is 0.